The average molecular weight is 404 g/mol. The summed E-state index contributed by atoms with van der Waals surface area (Å²) >= 11 is 1.62. The van der Waals surface area contributed by atoms with E-state index >= 15 is 0 Å². The second-order valence-electron chi connectivity index (χ2n) is 6.38. The van der Waals surface area contributed by atoms with Crippen LogP contribution in [-0.2, 0) is 12.8 Å². The van der Waals surface area contributed by atoms with E-state index in [0.29, 0.717) is 0 Å². The summed E-state index contributed by atoms with van der Waals surface area (Å²) in [5.41, 5.74) is 2.02. The molecule has 0 unspecified atom stereocenters. The molecular formula is C23H21N3O2S. The van der Waals surface area contributed by atoms with Gasteiger partial charge in [-0.1, -0.05) is 60.3 Å². The molecule has 0 aliphatic heterocycles. The van der Waals surface area contributed by atoms with Gasteiger partial charge in [-0.2, -0.15) is 0 Å². The number of aromatic nitrogens is 3. The predicted molar refractivity (Wildman–Crippen MR) is 116 cm³/mol. The number of hydrogen-bond donors (Lipinski definition) is 0. The zero-order valence-corrected chi connectivity index (χ0v) is 17.1. The average Bonchev–Trinajstić information content (AvgIpc) is 3.14. The van der Waals surface area contributed by atoms with Gasteiger partial charge in [-0.15, -0.1) is 10.2 Å². The first-order valence-corrected chi connectivity index (χ1v) is 10.2. The summed E-state index contributed by atoms with van der Waals surface area (Å²) in [5.74, 6) is 3.95. The lowest BCUT2D eigenvalue weighted by Gasteiger charge is -2.11. The van der Waals surface area contributed by atoms with Crippen LogP contribution in [0.3, 0.4) is 0 Å². The molecule has 0 saturated heterocycles. The Bertz CT molecular complexity index is 1100. The molecule has 0 N–H and O–H groups in total. The minimum atomic E-state index is 0.723. The molecule has 0 radical (unpaired) electrons. The summed E-state index contributed by atoms with van der Waals surface area (Å²) in [6.45, 7) is 0. The van der Waals surface area contributed by atoms with Crippen molar-refractivity contribution in [1.29, 1.82) is 0 Å². The molecular weight excluding hydrogens is 382 g/mol. The van der Waals surface area contributed by atoms with Crippen molar-refractivity contribution < 1.29 is 9.47 Å². The van der Waals surface area contributed by atoms with Gasteiger partial charge in [-0.25, -0.2) is 0 Å². The van der Waals surface area contributed by atoms with Crippen LogP contribution in [0.15, 0.2) is 84.0 Å². The monoisotopic (exact) mass is 403 g/mol. The molecule has 0 amide bonds. The van der Waals surface area contributed by atoms with Gasteiger partial charge in [-0.05, 0) is 30.3 Å². The van der Waals surface area contributed by atoms with Crippen LogP contribution in [-0.4, -0.2) is 21.9 Å². The number of ether oxygens (including phenoxy) is 2. The smallest absolute Gasteiger partial charge is 0.191 e. The van der Waals surface area contributed by atoms with Crippen molar-refractivity contribution >= 4 is 11.8 Å². The van der Waals surface area contributed by atoms with E-state index in [2.05, 4.69) is 16.3 Å². The van der Waals surface area contributed by atoms with Crippen LogP contribution < -0.4 is 9.47 Å². The maximum absolute atomic E-state index is 6.06. The number of nitrogens with zero attached hydrogens (tertiary/aromatic N) is 3. The van der Waals surface area contributed by atoms with E-state index in [-0.39, 0.29) is 0 Å². The van der Waals surface area contributed by atoms with Crippen LogP contribution >= 0.6 is 11.8 Å². The van der Waals surface area contributed by atoms with Gasteiger partial charge >= 0.3 is 0 Å². The van der Waals surface area contributed by atoms with Gasteiger partial charge in [0.2, 0.25) is 0 Å². The summed E-state index contributed by atoms with van der Waals surface area (Å²) < 4.78 is 13.5. The Hall–Kier alpha value is -3.25. The van der Waals surface area contributed by atoms with E-state index in [9.17, 15) is 0 Å². The second-order valence-corrected chi connectivity index (χ2v) is 7.32. The number of methoxy groups -OCH3 is 1. The highest BCUT2D eigenvalue weighted by atomic mass is 32.2. The predicted octanol–water partition coefficient (Wildman–Crippen LogP) is 5.58. The summed E-state index contributed by atoms with van der Waals surface area (Å²) in [4.78, 5) is 0. The third kappa shape index (κ3) is 4.27. The minimum absolute atomic E-state index is 0.723. The zero-order valence-electron chi connectivity index (χ0n) is 16.3. The molecule has 0 aliphatic carbocycles. The van der Waals surface area contributed by atoms with Crippen molar-refractivity contribution in [2.24, 2.45) is 7.05 Å². The first-order chi connectivity index (χ1) is 14.3. The van der Waals surface area contributed by atoms with Crippen LogP contribution in [0.25, 0.3) is 11.4 Å². The molecule has 29 heavy (non-hydrogen) atoms. The van der Waals surface area contributed by atoms with Crippen molar-refractivity contribution in [3.05, 3.63) is 84.4 Å². The van der Waals surface area contributed by atoms with Crippen molar-refractivity contribution in [3.8, 4) is 28.6 Å². The molecule has 0 saturated carbocycles. The Morgan fingerprint density at radius 3 is 2.31 bits per heavy atom. The Morgan fingerprint density at radius 2 is 1.52 bits per heavy atom. The molecule has 5 nitrogen and oxygen atoms in total. The lowest BCUT2D eigenvalue weighted by Crippen LogP contribution is -1.97. The molecule has 1 heterocycles. The molecule has 4 rings (SSSR count). The number of benzene rings is 3. The summed E-state index contributed by atoms with van der Waals surface area (Å²) in [6, 6.07) is 25.7. The summed E-state index contributed by atoms with van der Waals surface area (Å²) in [6.07, 6.45) is 0. The summed E-state index contributed by atoms with van der Waals surface area (Å²) in [7, 11) is 3.63. The number of thioether (sulfide) groups is 1. The minimum Gasteiger partial charge on any atom is -0.496 e. The van der Waals surface area contributed by atoms with Crippen molar-refractivity contribution in [2.45, 2.75) is 10.9 Å². The molecule has 6 heteroatoms. The Balaban J connectivity index is 1.53. The standard InChI is InChI=1S/C23H21N3O2S/c1-26-22(19-13-7-9-15-21(19)27-2)24-25-23(26)29-16-17-10-6-8-14-20(17)28-18-11-4-3-5-12-18/h3-15H,16H2,1-2H3. The molecule has 0 bridgehead atoms. The highest BCUT2D eigenvalue weighted by Gasteiger charge is 2.15. The maximum Gasteiger partial charge on any atom is 0.191 e. The third-order valence-electron chi connectivity index (χ3n) is 4.48. The number of hydrogen-bond acceptors (Lipinski definition) is 5. The van der Waals surface area contributed by atoms with E-state index in [4.69, 9.17) is 9.47 Å². The molecule has 1 aromatic heterocycles. The number of para-hydroxylation sites is 3. The van der Waals surface area contributed by atoms with Crippen LogP contribution in [0.1, 0.15) is 5.56 Å². The highest BCUT2D eigenvalue weighted by molar-refractivity contribution is 7.98. The quantitative estimate of drug-likeness (QED) is 0.377. The molecule has 0 spiro atoms. The van der Waals surface area contributed by atoms with E-state index in [0.717, 1.165) is 45.1 Å². The van der Waals surface area contributed by atoms with Crippen LogP contribution in [0.2, 0.25) is 0 Å². The topological polar surface area (TPSA) is 49.2 Å². The van der Waals surface area contributed by atoms with Gasteiger partial charge < -0.3 is 14.0 Å². The van der Waals surface area contributed by atoms with E-state index < -0.39 is 0 Å². The van der Waals surface area contributed by atoms with Gasteiger partial charge in [0, 0.05) is 18.4 Å². The van der Waals surface area contributed by atoms with Gasteiger partial charge in [0.25, 0.3) is 0 Å². The lowest BCUT2D eigenvalue weighted by atomic mass is 10.2. The molecule has 0 fully saturated rings. The van der Waals surface area contributed by atoms with Crippen molar-refractivity contribution in [1.82, 2.24) is 14.8 Å². The fourth-order valence-corrected chi connectivity index (χ4v) is 3.89. The maximum atomic E-state index is 6.06. The van der Waals surface area contributed by atoms with Gasteiger partial charge in [0.15, 0.2) is 11.0 Å². The summed E-state index contributed by atoms with van der Waals surface area (Å²) in [5, 5.41) is 9.59. The first-order valence-electron chi connectivity index (χ1n) is 9.22. The fourth-order valence-electron chi connectivity index (χ4n) is 2.98. The lowest BCUT2D eigenvalue weighted by molar-refractivity contribution is 0.416. The zero-order chi connectivity index (χ0) is 20.1. The number of rotatable bonds is 7. The SMILES string of the molecule is COc1ccccc1-c1nnc(SCc2ccccc2Oc2ccccc2)n1C. The van der Waals surface area contributed by atoms with Crippen molar-refractivity contribution in [2.75, 3.05) is 7.11 Å². The highest BCUT2D eigenvalue weighted by Crippen LogP contribution is 2.33. The van der Waals surface area contributed by atoms with Gasteiger partial charge in [-0.3, -0.25) is 0 Å². The Kier molecular flexibility index (Phi) is 5.81. The van der Waals surface area contributed by atoms with Crippen LogP contribution in [0.5, 0.6) is 17.2 Å². The molecule has 3 aromatic carbocycles. The van der Waals surface area contributed by atoms with Crippen molar-refractivity contribution in [3.63, 3.8) is 0 Å². The molecule has 0 atom stereocenters. The van der Waals surface area contributed by atoms with Gasteiger partial charge in [0.1, 0.15) is 17.2 Å². The van der Waals surface area contributed by atoms with Crippen LogP contribution in [0, 0.1) is 0 Å². The molecule has 4 aromatic rings. The van der Waals surface area contributed by atoms with E-state index in [1.54, 1.807) is 18.9 Å². The first kappa shape index (κ1) is 19.1. The normalized spacial score (nSPS) is 10.7. The van der Waals surface area contributed by atoms with E-state index in [1.807, 2.05) is 84.4 Å². The molecule has 146 valence electrons. The third-order valence-corrected chi connectivity index (χ3v) is 5.55. The van der Waals surface area contributed by atoms with Crippen LogP contribution in [0.4, 0.5) is 0 Å². The van der Waals surface area contributed by atoms with E-state index in [1.165, 1.54) is 0 Å². The van der Waals surface area contributed by atoms with Gasteiger partial charge in [0.05, 0.1) is 12.7 Å². The fraction of sp³-hybridized carbons (Fsp3) is 0.130. The Labute approximate surface area is 174 Å². The largest absolute Gasteiger partial charge is 0.496 e. The second kappa shape index (κ2) is 8.84. The molecule has 0 aliphatic rings. The Morgan fingerprint density at radius 1 is 0.828 bits per heavy atom.